The monoisotopic (exact) mass is 451 g/mol. The highest BCUT2D eigenvalue weighted by Gasteiger charge is 2.29. The second-order valence-corrected chi connectivity index (χ2v) is 9.34. The Morgan fingerprint density at radius 3 is 2.63 bits per heavy atom. The highest BCUT2D eigenvalue weighted by molar-refractivity contribution is 6.43. The summed E-state index contributed by atoms with van der Waals surface area (Å²) >= 11 is 12.5. The van der Waals surface area contributed by atoms with Crippen LogP contribution in [-0.4, -0.2) is 68.2 Å². The Balaban J connectivity index is 1.46. The van der Waals surface area contributed by atoms with Crippen LogP contribution in [0.4, 0.5) is 10.5 Å². The van der Waals surface area contributed by atoms with E-state index in [4.69, 9.17) is 23.2 Å². The maximum Gasteiger partial charge on any atom is 0.317 e. The van der Waals surface area contributed by atoms with Gasteiger partial charge in [-0.2, -0.15) is 5.26 Å². The minimum atomic E-state index is -0.149. The van der Waals surface area contributed by atoms with E-state index in [1.807, 2.05) is 12.1 Å². The number of hydrogen-bond donors (Lipinski definition) is 1. The summed E-state index contributed by atoms with van der Waals surface area (Å²) < 4.78 is 0. The number of nitriles is 1. The number of urea groups is 1. The first-order valence-electron chi connectivity index (χ1n) is 10.7. The molecule has 0 bridgehead atoms. The van der Waals surface area contributed by atoms with Gasteiger partial charge in [0, 0.05) is 39.8 Å². The molecular weight excluding hydrogens is 421 g/mol. The van der Waals surface area contributed by atoms with E-state index in [-0.39, 0.29) is 18.1 Å². The number of nitrogens with one attached hydrogen (secondary N) is 1. The molecule has 1 atom stereocenters. The van der Waals surface area contributed by atoms with Gasteiger partial charge >= 0.3 is 6.03 Å². The Kier molecular flexibility index (Phi) is 8.10. The number of benzene rings is 1. The van der Waals surface area contributed by atoms with Crippen molar-refractivity contribution in [3.05, 3.63) is 28.2 Å². The van der Waals surface area contributed by atoms with Crippen molar-refractivity contribution in [3.63, 3.8) is 0 Å². The lowest BCUT2D eigenvalue weighted by molar-refractivity contribution is 0.178. The fourth-order valence-electron chi connectivity index (χ4n) is 4.41. The zero-order valence-corrected chi connectivity index (χ0v) is 19.3. The maximum atomic E-state index is 11.8. The predicted molar refractivity (Wildman–Crippen MR) is 122 cm³/mol. The molecule has 164 valence electrons. The minimum Gasteiger partial charge on any atom is -0.366 e. The zero-order valence-electron chi connectivity index (χ0n) is 17.8. The number of piperazine rings is 1. The van der Waals surface area contributed by atoms with E-state index in [1.54, 1.807) is 25.1 Å². The number of halogens is 2. The van der Waals surface area contributed by atoms with Crippen LogP contribution in [0.5, 0.6) is 0 Å². The summed E-state index contributed by atoms with van der Waals surface area (Å²) in [7, 11) is 3.54. The van der Waals surface area contributed by atoms with Crippen molar-refractivity contribution in [2.45, 2.75) is 44.2 Å². The summed E-state index contributed by atoms with van der Waals surface area (Å²) in [5.74, 6) is 0.664. The molecule has 1 saturated heterocycles. The number of hydrogen-bond acceptors (Lipinski definition) is 4. The summed E-state index contributed by atoms with van der Waals surface area (Å²) in [6.45, 7) is 3.26. The highest BCUT2D eigenvalue weighted by Crippen LogP contribution is 2.34. The normalized spacial score (nSPS) is 24.9. The van der Waals surface area contributed by atoms with Crippen LogP contribution >= 0.6 is 23.2 Å². The Hall–Kier alpha value is -1.68. The second kappa shape index (κ2) is 10.6. The average molecular weight is 452 g/mol. The van der Waals surface area contributed by atoms with Crippen LogP contribution in [0.2, 0.25) is 10.0 Å². The Morgan fingerprint density at radius 2 is 1.97 bits per heavy atom. The van der Waals surface area contributed by atoms with Crippen molar-refractivity contribution >= 4 is 34.9 Å². The lowest BCUT2D eigenvalue weighted by Gasteiger charge is -2.40. The number of rotatable bonds is 5. The Labute approximate surface area is 189 Å². The van der Waals surface area contributed by atoms with Crippen LogP contribution in [0, 0.1) is 17.2 Å². The van der Waals surface area contributed by atoms with Crippen molar-refractivity contribution in [3.8, 4) is 6.07 Å². The largest absolute Gasteiger partial charge is 0.366 e. The van der Waals surface area contributed by atoms with Gasteiger partial charge in [0.25, 0.3) is 0 Å². The summed E-state index contributed by atoms with van der Waals surface area (Å²) in [6.07, 6.45) is 5.44. The van der Waals surface area contributed by atoms with Gasteiger partial charge in [0.2, 0.25) is 0 Å². The Morgan fingerprint density at radius 1 is 1.23 bits per heavy atom. The standard InChI is InChI=1S/C22H31Cl2N5O/c1-27(2)22(30)26-17-8-6-16(7-9-17)10-11-28-12-13-29(15-18(28)14-25)20-5-3-4-19(23)21(20)24/h3-5,16-18H,6-13,15H2,1-2H3,(H,26,30). The van der Waals surface area contributed by atoms with Gasteiger partial charge in [-0.3, -0.25) is 4.90 Å². The zero-order chi connectivity index (χ0) is 21.7. The lowest BCUT2D eigenvalue weighted by Crippen LogP contribution is -2.53. The van der Waals surface area contributed by atoms with Gasteiger partial charge in [-0.05, 0) is 56.7 Å². The van der Waals surface area contributed by atoms with Crippen LogP contribution in [0.15, 0.2) is 18.2 Å². The van der Waals surface area contributed by atoms with Gasteiger partial charge in [0.1, 0.15) is 6.04 Å². The molecule has 1 unspecified atom stereocenters. The molecule has 30 heavy (non-hydrogen) atoms. The SMILES string of the molecule is CN(C)C(=O)NC1CCC(CCN2CCN(c3cccc(Cl)c3Cl)CC2C#N)CC1. The van der Waals surface area contributed by atoms with Gasteiger partial charge in [0.05, 0.1) is 21.8 Å². The van der Waals surface area contributed by atoms with Crippen LogP contribution in [-0.2, 0) is 0 Å². The van der Waals surface area contributed by atoms with E-state index in [1.165, 1.54) is 0 Å². The molecule has 1 aliphatic heterocycles. The van der Waals surface area contributed by atoms with E-state index in [0.717, 1.165) is 57.4 Å². The van der Waals surface area contributed by atoms with E-state index in [2.05, 4.69) is 21.2 Å². The molecule has 2 fully saturated rings. The van der Waals surface area contributed by atoms with Crippen molar-refractivity contribution in [2.24, 2.45) is 5.92 Å². The van der Waals surface area contributed by atoms with Crippen LogP contribution in [0.25, 0.3) is 0 Å². The van der Waals surface area contributed by atoms with Gasteiger partial charge < -0.3 is 15.1 Å². The third kappa shape index (κ3) is 5.72. The van der Waals surface area contributed by atoms with Crippen molar-refractivity contribution in [1.29, 1.82) is 5.26 Å². The van der Waals surface area contributed by atoms with E-state index >= 15 is 0 Å². The van der Waals surface area contributed by atoms with Crippen LogP contribution < -0.4 is 10.2 Å². The first-order valence-corrected chi connectivity index (χ1v) is 11.4. The quantitative estimate of drug-likeness (QED) is 0.727. The molecule has 2 aliphatic rings. The minimum absolute atomic E-state index is 0.00649. The molecule has 3 rings (SSSR count). The summed E-state index contributed by atoms with van der Waals surface area (Å²) in [5.41, 5.74) is 0.905. The number of anilines is 1. The predicted octanol–water partition coefficient (Wildman–Crippen LogP) is 4.23. The molecule has 1 saturated carbocycles. The first-order chi connectivity index (χ1) is 14.4. The summed E-state index contributed by atoms with van der Waals surface area (Å²) in [6, 6.07) is 8.25. The van der Waals surface area contributed by atoms with Crippen molar-refractivity contribution < 1.29 is 4.79 Å². The molecule has 1 aliphatic carbocycles. The van der Waals surface area contributed by atoms with E-state index in [0.29, 0.717) is 22.5 Å². The molecule has 1 aromatic rings. The van der Waals surface area contributed by atoms with Crippen LogP contribution in [0.3, 0.4) is 0 Å². The average Bonchev–Trinajstić information content (AvgIpc) is 2.75. The molecule has 1 aromatic carbocycles. The number of nitrogens with zero attached hydrogens (tertiary/aromatic N) is 4. The fourth-order valence-corrected chi connectivity index (χ4v) is 4.83. The molecule has 2 amide bonds. The van der Waals surface area contributed by atoms with Crippen molar-refractivity contribution in [2.75, 3.05) is 45.2 Å². The topological polar surface area (TPSA) is 62.6 Å². The number of amides is 2. The number of carbonyl (C=O) groups is 1. The van der Waals surface area contributed by atoms with E-state index in [9.17, 15) is 10.1 Å². The molecule has 1 N–H and O–H groups in total. The fraction of sp³-hybridized carbons (Fsp3) is 0.636. The lowest BCUT2D eigenvalue weighted by atomic mass is 9.84. The molecule has 0 spiro atoms. The van der Waals surface area contributed by atoms with E-state index < -0.39 is 0 Å². The maximum absolute atomic E-state index is 11.8. The molecule has 0 aromatic heterocycles. The smallest absolute Gasteiger partial charge is 0.317 e. The van der Waals surface area contributed by atoms with Crippen molar-refractivity contribution in [1.82, 2.24) is 15.1 Å². The van der Waals surface area contributed by atoms with Gasteiger partial charge in [-0.25, -0.2) is 4.79 Å². The van der Waals surface area contributed by atoms with Gasteiger partial charge in [0.15, 0.2) is 0 Å². The summed E-state index contributed by atoms with van der Waals surface area (Å²) in [4.78, 5) is 17.9. The molecular formula is C22H31Cl2N5O. The third-order valence-corrected chi connectivity index (χ3v) is 7.13. The third-order valence-electron chi connectivity index (χ3n) is 6.32. The number of carbonyl (C=O) groups excluding carboxylic acids is 1. The van der Waals surface area contributed by atoms with Gasteiger partial charge in [-0.15, -0.1) is 0 Å². The van der Waals surface area contributed by atoms with Crippen LogP contribution in [0.1, 0.15) is 32.1 Å². The first kappa shape index (κ1) is 23.0. The van der Waals surface area contributed by atoms with Gasteiger partial charge in [-0.1, -0.05) is 29.3 Å². The summed E-state index contributed by atoms with van der Waals surface area (Å²) in [5, 5.41) is 13.9. The molecule has 6 nitrogen and oxygen atoms in total. The Bertz CT molecular complexity index is 773. The molecule has 0 radical (unpaired) electrons. The molecule has 8 heteroatoms. The second-order valence-electron chi connectivity index (χ2n) is 8.55. The highest BCUT2D eigenvalue weighted by atomic mass is 35.5. The molecule has 1 heterocycles.